The summed E-state index contributed by atoms with van der Waals surface area (Å²) in [4.78, 5) is 28.0. The molecule has 0 bridgehead atoms. The van der Waals surface area contributed by atoms with Crippen LogP contribution in [0.25, 0.3) is 0 Å². The number of urea groups is 1. The second-order valence-electron chi connectivity index (χ2n) is 6.96. The Balaban J connectivity index is 1.86. The van der Waals surface area contributed by atoms with Crippen molar-refractivity contribution in [1.29, 1.82) is 0 Å². The monoisotopic (exact) mass is 429 g/mol. The maximum atomic E-state index is 12.5. The van der Waals surface area contributed by atoms with Gasteiger partial charge in [0, 0.05) is 36.9 Å². The number of nitrogens with one attached hydrogen (secondary N) is 1. The Hall–Kier alpha value is -1.80. The van der Waals surface area contributed by atoms with Crippen molar-refractivity contribution >= 4 is 39.1 Å². The number of hydrogen-bond acceptors (Lipinski definition) is 4. The quantitative estimate of drug-likeness (QED) is 0.675. The summed E-state index contributed by atoms with van der Waals surface area (Å²) in [5.41, 5.74) is 0.604. The maximum Gasteiger partial charge on any atom is 0.321 e. The van der Waals surface area contributed by atoms with E-state index in [1.165, 1.54) is 0 Å². The number of amides is 3. The number of benzene rings is 1. The zero-order valence-electron chi connectivity index (χ0n) is 16.2. The van der Waals surface area contributed by atoms with Crippen molar-refractivity contribution in [3.05, 3.63) is 29.3 Å². The molecule has 28 heavy (non-hydrogen) atoms. The molecule has 0 unspecified atom stereocenters. The Morgan fingerprint density at radius 2 is 1.82 bits per heavy atom. The molecule has 1 aromatic rings. The van der Waals surface area contributed by atoms with Crippen molar-refractivity contribution in [3.63, 3.8) is 0 Å². The second-order valence-corrected chi connectivity index (χ2v) is 9.58. The van der Waals surface area contributed by atoms with E-state index in [0.29, 0.717) is 49.7 Å². The number of halogens is 1. The van der Waals surface area contributed by atoms with Gasteiger partial charge in [-0.15, -0.1) is 0 Å². The SMILES string of the molecule is CCCCCS(=O)(=O)CC(=O)N1CCCN(C(=O)Nc2cccc(Cl)c2)CC1. The van der Waals surface area contributed by atoms with Crippen molar-refractivity contribution < 1.29 is 18.0 Å². The van der Waals surface area contributed by atoms with E-state index >= 15 is 0 Å². The van der Waals surface area contributed by atoms with E-state index in [9.17, 15) is 18.0 Å². The molecule has 7 nitrogen and oxygen atoms in total. The van der Waals surface area contributed by atoms with E-state index in [2.05, 4.69) is 5.32 Å². The van der Waals surface area contributed by atoms with Crippen LogP contribution in [0, 0.1) is 0 Å². The number of carbonyl (C=O) groups excluding carboxylic acids is 2. The fraction of sp³-hybridized carbons (Fsp3) is 0.579. The lowest BCUT2D eigenvalue weighted by Gasteiger charge is -2.22. The van der Waals surface area contributed by atoms with Crippen LogP contribution in [0.1, 0.15) is 32.6 Å². The first kappa shape index (κ1) is 22.5. The molecular formula is C19H28ClN3O4S. The number of sulfone groups is 1. The molecule has 156 valence electrons. The molecule has 0 atom stereocenters. The predicted molar refractivity (Wildman–Crippen MR) is 111 cm³/mol. The van der Waals surface area contributed by atoms with Crippen LogP contribution < -0.4 is 5.32 Å². The second kappa shape index (κ2) is 10.7. The van der Waals surface area contributed by atoms with Crippen molar-refractivity contribution in [1.82, 2.24) is 9.80 Å². The van der Waals surface area contributed by atoms with E-state index in [4.69, 9.17) is 11.6 Å². The van der Waals surface area contributed by atoms with Crippen molar-refractivity contribution in [2.24, 2.45) is 0 Å². The Morgan fingerprint density at radius 3 is 2.54 bits per heavy atom. The predicted octanol–water partition coefficient (Wildman–Crippen LogP) is 3.01. The van der Waals surface area contributed by atoms with E-state index in [1.807, 2.05) is 6.92 Å². The van der Waals surface area contributed by atoms with Crippen LogP contribution in [0.15, 0.2) is 24.3 Å². The van der Waals surface area contributed by atoms with Gasteiger partial charge in [-0.2, -0.15) is 0 Å². The van der Waals surface area contributed by atoms with Gasteiger partial charge in [0.15, 0.2) is 9.84 Å². The summed E-state index contributed by atoms with van der Waals surface area (Å²) in [6, 6.07) is 6.63. The van der Waals surface area contributed by atoms with Crippen LogP contribution in [-0.4, -0.2) is 67.8 Å². The standard InChI is InChI=1S/C19H28ClN3O4S/c1-2-3-4-13-28(26,27)15-18(24)22-9-6-10-23(12-11-22)19(25)21-17-8-5-7-16(20)14-17/h5,7-8,14H,2-4,6,9-13,15H2,1H3,(H,21,25). The molecule has 0 spiro atoms. The first-order valence-corrected chi connectivity index (χ1v) is 11.8. The highest BCUT2D eigenvalue weighted by Gasteiger charge is 2.25. The first-order chi connectivity index (χ1) is 13.3. The smallest absolute Gasteiger partial charge is 0.321 e. The molecule has 0 saturated carbocycles. The van der Waals surface area contributed by atoms with Gasteiger partial charge in [-0.05, 0) is 31.0 Å². The number of rotatable bonds is 7. The first-order valence-electron chi connectivity index (χ1n) is 9.60. The molecule has 1 N–H and O–H groups in total. The molecule has 0 radical (unpaired) electrons. The highest BCUT2D eigenvalue weighted by molar-refractivity contribution is 7.92. The molecular weight excluding hydrogens is 402 g/mol. The minimum atomic E-state index is -3.39. The summed E-state index contributed by atoms with van der Waals surface area (Å²) < 4.78 is 24.2. The van der Waals surface area contributed by atoms with Gasteiger partial charge in [0.1, 0.15) is 5.75 Å². The molecule has 1 saturated heterocycles. The van der Waals surface area contributed by atoms with Crippen molar-refractivity contribution in [3.8, 4) is 0 Å². The normalized spacial score (nSPS) is 15.2. The number of nitrogens with zero attached hydrogens (tertiary/aromatic N) is 2. The molecule has 2 rings (SSSR count). The molecule has 1 heterocycles. The van der Waals surface area contributed by atoms with Gasteiger partial charge in [-0.25, -0.2) is 13.2 Å². The highest BCUT2D eigenvalue weighted by atomic mass is 35.5. The highest BCUT2D eigenvalue weighted by Crippen LogP contribution is 2.16. The zero-order chi connectivity index (χ0) is 20.6. The molecule has 1 aliphatic heterocycles. The number of hydrogen-bond donors (Lipinski definition) is 1. The fourth-order valence-electron chi connectivity index (χ4n) is 3.06. The van der Waals surface area contributed by atoms with Gasteiger partial charge in [-0.1, -0.05) is 37.4 Å². The van der Waals surface area contributed by atoms with Crippen molar-refractivity contribution in [2.45, 2.75) is 32.6 Å². The lowest BCUT2D eigenvalue weighted by molar-refractivity contribution is -0.128. The van der Waals surface area contributed by atoms with E-state index in [0.717, 1.165) is 12.8 Å². The molecule has 1 aromatic carbocycles. The van der Waals surface area contributed by atoms with Crippen LogP contribution in [0.5, 0.6) is 0 Å². The van der Waals surface area contributed by atoms with E-state index in [1.54, 1.807) is 34.1 Å². The van der Waals surface area contributed by atoms with Gasteiger partial charge in [0.2, 0.25) is 5.91 Å². The minimum absolute atomic E-state index is 0.0502. The Kier molecular flexibility index (Phi) is 8.57. The zero-order valence-corrected chi connectivity index (χ0v) is 17.8. The topological polar surface area (TPSA) is 86.8 Å². The Morgan fingerprint density at radius 1 is 1.11 bits per heavy atom. The molecule has 1 aliphatic rings. The van der Waals surface area contributed by atoms with Crippen LogP contribution in [-0.2, 0) is 14.6 Å². The molecule has 9 heteroatoms. The Labute approximate surface area is 171 Å². The molecule has 3 amide bonds. The van der Waals surface area contributed by atoms with Crippen LogP contribution in [0.4, 0.5) is 10.5 Å². The number of unbranched alkanes of at least 4 members (excludes halogenated alkanes) is 2. The molecule has 0 aliphatic carbocycles. The van der Waals surface area contributed by atoms with Crippen LogP contribution >= 0.6 is 11.6 Å². The summed E-state index contributed by atoms with van der Waals surface area (Å²) in [6.45, 7) is 3.63. The fourth-order valence-corrected chi connectivity index (χ4v) is 4.60. The summed E-state index contributed by atoms with van der Waals surface area (Å²) in [7, 11) is -3.39. The van der Waals surface area contributed by atoms with E-state index < -0.39 is 15.6 Å². The third-order valence-electron chi connectivity index (χ3n) is 4.61. The molecule has 0 aromatic heterocycles. The molecule has 1 fully saturated rings. The lowest BCUT2D eigenvalue weighted by atomic mass is 10.3. The summed E-state index contributed by atoms with van der Waals surface area (Å²) in [5, 5.41) is 3.33. The van der Waals surface area contributed by atoms with E-state index in [-0.39, 0.29) is 17.7 Å². The average Bonchev–Trinajstić information content (AvgIpc) is 2.88. The van der Waals surface area contributed by atoms with Crippen molar-refractivity contribution in [2.75, 3.05) is 43.0 Å². The van der Waals surface area contributed by atoms with Gasteiger partial charge in [-0.3, -0.25) is 4.79 Å². The lowest BCUT2D eigenvalue weighted by Crippen LogP contribution is -2.41. The number of carbonyl (C=O) groups is 2. The summed E-state index contributed by atoms with van der Waals surface area (Å²) in [5.74, 6) is -0.784. The third kappa shape index (κ3) is 7.31. The minimum Gasteiger partial charge on any atom is -0.340 e. The Bertz CT molecular complexity index is 785. The average molecular weight is 430 g/mol. The maximum absolute atomic E-state index is 12.5. The van der Waals surface area contributed by atoms with Gasteiger partial charge >= 0.3 is 6.03 Å². The summed E-state index contributed by atoms with van der Waals surface area (Å²) >= 11 is 5.93. The largest absolute Gasteiger partial charge is 0.340 e. The summed E-state index contributed by atoms with van der Waals surface area (Å²) in [6.07, 6.45) is 2.96. The van der Waals surface area contributed by atoms with Gasteiger partial charge in [0.25, 0.3) is 0 Å². The third-order valence-corrected chi connectivity index (χ3v) is 6.45. The van der Waals surface area contributed by atoms with Crippen LogP contribution in [0.2, 0.25) is 5.02 Å². The number of anilines is 1. The van der Waals surface area contributed by atoms with Crippen LogP contribution in [0.3, 0.4) is 0 Å². The van der Waals surface area contributed by atoms with Gasteiger partial charge in [0.05, 0.1) is 5.75 Å². The van der Waals surface area contributed by atoms with Gasteiger partial charge < -0.3 is 15.1 Å².